The smallest absolute Gasteiger partial charge is 0.236 e. The van der Waals surface area contributed by atoms with Crippen LogP contribution in [-0.2, 0) is 9.59 Å². The maximum absolute atomic E-state index is 11.2. The zero-order valence-electron chi connectivity index (χ0n) is 8.13. The Morgan fingerprint density at radius 3 is 1.92 bits per heavy atom. The number of ketones is 1. The summed E-state index contributed by atoms with van der Waals surface area (Å²) >= 11 is 0. The van der Waals surface area contributed by atoms with Gasteiger partial charge in [-0.3, -0.25) is 9.59 Å². The second-order valence-corrected chi connectivity index (χ2v) is 3.19. The summed E-state index contributed by atoms with van der Waals surface area (Å²) in [7, 11) is 5.27. The second-order valence-electron chi connectivity index (χ2n) is 3.19. The van der Waals surface area contributed by atoms with Crippen molar-refractivity contribution < 1.29 is 9.59 Å². The number of carbonyl (C=O) groups is 2. The van der Waals surface area contributed by atoms with Crippen molar-refractivity contribution in [3.05, 3.63) is 0 Å². The van der Waals surface area contributed by atoms with Crippen molar-refractivity contribution >= 4 is 11.7 Å². The summed E-state index contributed by atoms with van der Waals surface area (Å²) in [6.07, 6.45) is 0. The summed E-state index contributed by atoms with van der Waals surface area (Å²) in [5.41, 5.74) is 0. The molecule has 0 heterocycles. The Hall–Kier alpha value is -0.900. The summed E-state index contributed by atoms with van der Waals surface area (Å²) in [6.45, 7) is 2.02. The van der Waals surface area contributed by atoms with E-state index in [-0.39, 0.29) is 18.2 Å². The number of likely N-dealkylation sites (N-methyl/N-ethyl adjacent to an activating group) is 2. The first-order valence-corrected chi connectivity index (χ1v) is 3.81. The van der Waals surface area contributed by atoms with Crippen molar-refractivity contribution in [1.29, 1.82) is 0 Å². The van der Waals surface area contributed by atoms with Gasteiger partial charge in [0.05, 0.1) is 13.1 Å². The van der Waals surface area contributed by atoms with Crippen LogP contribution in [0.4, 0.5) is 0 Å². The molecule has 0 aromatic carbocycles. The van der Waals surface area contributed by atoms with E-state index in [0.29, 0.717) is 6.54 Å². The Kier molecular flexibility index (Phi) is 4.51. The van der Waals surface area contributed by atoms with Crippen molar-refractivity contribution in [3.63, 3.8) is 0 Å². The zero-order chi connectivity index (χ0) is 9.72. The molecule has 1 amide bonds. The summed E-state index contributed by atoms with van der Waals surface area (Å²) < 4.78 is 0. The molecule has 0 bridgehead atoms. The molecular formula is C8H16N2O2. The lowest BCUT2D eigenvalue weighted by Gasteiger charge is -2.17. The minimum Gasteiger partial charge on any atom is -0.337 e. The van der Waals surface area contributed by atoms with E-state index in [9.17, 15) is 9.59 Å². The number of hydrogen-bond acceptors (Lipinski definition) is 3. The minimum absolute atomic E-state index is 0.00426. The highest BCUT2D eigenvalue weighted by Crippen LogP contribution is 1.87. The highest BCUT2D eigenvalue weighted by molar-refractivity contribution is 5.85. The standard InChI is InChI=1S/C8H16N2O2/c1-7(11)5-10(4)8(12)6-9(2)3/h5-6H2,1-4H3. The average molecular weight is 172 g/mol. The first-order chi connectivity index (χ1) is 5.43. The molecule has 0 N–H and O–H groups in total. The van der Waals surface area contributed by atoms with Gasteiger partial charge < -0.3 is 9.80 Å². The molecule has 0 atom stereocenters. The largest absolute Gasteiger partial charge is 0.337 e. The Morgan fingerprint density at radius 2 is 1.58 bits per heavy atom. The van der Waals surface area contributed by atoms with E-state index < -0.39 is 0 Å². The zero-order valence-corrected chi connectivity index (χ0v) is 8.13. The molecule has 0 aliphatic carbocycles. The van der Waals surface area contributed by atoms with Crippen LogP contribution >= 0.6 is 0 Å². The topological polar surface area (TPSA) is 40.6 Å². The lowest BCUT2D eigenvalue weighted by atomic mass is 10.4. The van der Waals surface area contributed by atoms with Crippen molar-refractivity contribution in [2.45, 2.75) is 6.92 Å². The Bertz CT molecular complexity index is 178. The molecule has 70 valence electrons. The summed E-state index contributed by atoms with van der Waals surface area (Å²) in [5.74, 6) is -0.0280. The van der Waals surface area contributed by atoms with Gasteiger partial charge in [-0.15, -0.1) is 0 Å². The van der Waals surface area contributed by atoms with Crippen LogP contribution in [0.5, 0.6) is 0 Å². The maximum Gasteiger partial charge on any atom is 0.236 e. The van der Waals surface area contributed by atoms with Crippen LogP contribution in [-0.4, -0.2) is 55.7 Å². The van der Waals surface area contributed by atoms with Gasteiger partial charge in [0.15, 0.2) is 0 Å². The number of carbonyl (C=O) groups excluding carboxylic acids is 2. The lowest BCUT2D eigenvalue weighted by molar-refractivity contribution is -0.134. The number of Topliss-reactive ketones (excluding diaryl/α,β-unsaturated/α-hetero) is 1. The van der Waals surface area contributed by atoms with Crippen LogP contribution in [0.15, 0.2) is 0 Å². The Morgan fingerprint density at radius 1 is 1.08 bits per heavy atom. The van der Waals surface area contributed by atoms with Crippen LogP contribution in [0.25, 0.3) is 0 Å². The van der Waals surface area contributed by atoms with E-state index in [0.717, 1.165) is 0 Å². The molecule has 0 aromatic rings. The number of hydrogen-bond donors (Lipinski definition) is 0. The molecule has 4 heteroatoms. The fraction of sp³-hybridized carbons (Fsp3) is 0.750. The molecule has 12 heavy (non-hydrogen) atoms. The van der Waals surface area contributed by atoms with Crippen LogP contribution in [0, 0.1) is 0 Å². The van der Waals surface area contributed by atoms with Crippen LogP contribution in [0.3, 0.4) is 0 Å². The molecule has 0 fully saturated rings. The van der Waals surface area contributed by atoms with Crippen LogP contribution in [0.2, 0.25) is 0 Å². The first kappa shape index (κ1) is 11.1. The van der Waals surface area contributed by atoms with Gasteiger partial charge in [0.25, 0.3) is 0 Å². The summed E-state index contributed by atoms with van der Waals surface area (Å²) in [6, 6.07) is 0. The van der Waals surface area contributed by atoms with Crippen LogP contribution < -0.4 is 0 Å². The van der Waals surface area contributed by atoms with Crippen molar-refractivity contribution in [2.24, 2.45) is 0 Å². The fourth-order valence-electron chi connectivity index (χ4n) is 0.813. The first-order valence-electron chi connectivity index (χ1n) is 3.81. The third kappa shape index (κ3) is 4.85. The van der Waals surface area contributed by atoms with Gasteiger partial charge in [0, 0.05) is 7.05 Å². The molecule has 4 nitrogen and oxygen atoms in total. The highest BCUT2D eigenvalue weighted by Gasteiger charge is 2.10. The molecule has 0 aliphatic rings. The van der Waals surface area contributed by atoms with E-state index in [1.54, 1.807) is 11.9 Å². The molecule has 0 radical (unpaired) electrons. The molecule has 0 aromatic heterocycles. The maximum atomic E-state index is 11.2. The molecule has 0 saturated heterocycles. The quantitative estimate of drug-likeness (QED) is 0.579. The summed E-state index contributed by atoms with van der Waals surface area (Å²) in [4.78, 5) is 25.1. The molecule has 0 rings (SSSR count). The number of nitrogens with zero attached hydrogens (tertiary/aromatic N) is 2. The average Bonchev–Trinajstić information content (AvgIpc) is 1.84. The fourth-order valence-corrected chi connectivity index (χ4v) is 0.813. The second kappa shape index (κ2) is 4.87. The Balaban J connectivity index is 3.85. The predicted molar refractivity (Wildman–Crippen MR) is 46.9 cm³/mol. The van der Waals surface area contributed by atoms with Gasteiger partial charge in [-0.05, 0) is 21.0 Å². The van der Waals surface area contributed by atoms with Crippen molar-refractivity contribution in [2.75, 3.05) is 34.2 Å². The van der Waals surface area contributed by atoms with Gasteiger partial charge in [-0.2, -0.15) is 0 Å². The highest BCUT2D eigenvalue weighted by atomic mass is 16.2. The van der Waals surface area contributed by atoms with Crippen molar-refractivity contribution in [3.8, 4) is 0 Å². The molecule has 0 saturated carbocycles. The molecule has 0 aliphatic heterocycles. The van der Waals surface area contributed by atoms with E-state index >= 15 is 0 Å². The van der Waals surface area contributed by atoms with Crippen molar-refractivity contribution in [1.82, 2.24) is 9.80 Å². The molecular weight excluding hydrogens is 156 g/mol. The van der Waals surface area contributed by atoms with Gasteiger partial charge >= 0.3 is 0 Å². The minimum atomic E-state index is -0.0322. The van der Waals surface area contributed by atoms with Gasteiger partial charge in [-0.1, -0.05) is 0 Å². The van der Waals surface area contributed by atoms with E-state index in [1.165, 1.54) is 11.8 Å². The third-order valence-electron chi connectivity index (χ3n) is 1.34. The van der Waals surface area contributed by atoms with E-state index in [4.69, 9.17) is 0 Å². The van der Waals surface area contributed by atoms with E-state index in [2.05, 4.69) is 0 Å². The monoisotopic (exact) mass is 172 g/mol. The van der Waals surface area contributed by atoms with Gasteiger partial charge in [-0.25, -0.2) is 0 Å². The Labute approximate surface area is 73.1 Å². The molecule has 0 unspecified atom stereocenters. The predicted octanol–water partition coefficient (Wildman–Crippen LogP) is -0.405. The lowest BCUT2D eigenvalue weighted by Crippen LogP contribution is -2.37. The summed E-state index contributed by atoms with van der Waals surface area (Å²) in [5, 5.41) is 0. The van der Waals surface area contributed by atoms with Crippen LogP contribution in [0.1, 0.15) is 6.92 Å². The number of rotatable bonds is 4. The van der Waals surface area contributed by atoms with Gasteiger partial charge in [0.2, 0.25) is 5.91 Å². The SMILES string of the molecule is CC(=O)CN(C)C(=O)CN(C)C. The number of amides is 1. The van der Waals surface area contributed by atoms with Gasteiger partial charge in [0.1, 0.15) is 5.78 Å². The third-order valence-corrected chi connectivity index (χ3v) is 1.34. The molecule has 0 spiro atoms. The van der Waals surface area contributed by atoms with E-state index in [1.807, 2.05) is 14.1 Å². The normalized spacial score (nSPS) is 10.1.